The Kier molecular flexibility index (Phi) is 3.28. The van der Waals surface area contributed by atoms with Crippen LogP contribution in [0.3, 0.4) is 0 Å². The van der Waals surface area contributed by atoms with Crippen molar-refractivity contribution in [3.05, 3.63) is 24.0 Å². The minimum Gasteiger partial charge on any atom is -0.399 e. The summed E-state index contributed by atoms with van der Waals surface area (Å²) in [7, 11) is -3.96. The second kappa shape index (κ2) is 4.47. The molecule has 1 aromatic rings. The fraction of sp³-hybridized carbons (Fsp3) is 0.400. The van der Waals surface area contributed by atoms with Crippen molar-refractivity contribution < 1.29 is 23.0 Å². The molecular formula is C10H13FN2O4S. The molecule has 1 aliphatic heterocycles. The number of hydrogen-bond acceptors (Lipinski definition) is 5. The molecule has 2 atom stereocenters. The summed E-state index contributed by atoms with van der Waals surface area (Å²) in [6, 6.07) is 2.99. The van der Waals surface area contributed by atoms with Crippen LogP contribution in [0.15, 0.2) is 23.1 Å². The van der Waals surface area contributed by atoms with E-state index in [0.29, 0.717) is 0 Å². The molecule has 0 unspecified atom stereocenters. The fourth-order valence-corrected chi connectivity index (χ4v) is 3.36. The van der Waals surface area contributed by atoms with Gasteiger partial charge in [-0.3, -0.25) is 0 Å². The number of aliphatic hydroxyl groups excluding tert-OH is 2. The number of nitrogens with two attached hydrogens (primary N) is 1. The smallest absolute Gasteiger partial charge is 0.243 e. The van der Waals surface area contributed by atoms with Crippen LogP contribution < -0.4 is 5.73 Å². The average molecular weight is 276 g/mol. The highest BCUT2D eigenvalue weighted by Crippen LogP contribution is 2.23. The molecule has 0 radical (unpaired) electrons. The first-order valence-corrected chi connectivity index (χ1v) is 6.67. The lowest BCUT2D eigenvalue weighted by molar-refractivity contribution is 0.0572. The van der Waals surface area contributed by atoms with Crippen LogP contribution in [0.4, 0.5) is 10.1 Å². The number of nitrogens with zero attached hydrogens (tertiary/aromatic N) is 1. The molecule has 1 fully saturated rings. The normalized spacial score (nSPS) is 25.5. The second-order valence-corrected chi connectivity index (χ2v) is 6.11. The molecule has 100 valence electrons. The molecule has 0 aliphatic carbocycles. The highest BCUT2D eigenvalue weighted by Gasteiger charge is 2.37. The molecule has 0 saturated carbocycles. The van der Waals surface area contributed by atoms with Crippen molar-refractivity contribution in [2.45, 2.75) is 17.1 Å². The third-order valence-electron chi connectivity index (χ3n) is 2.76. The first-order chi connectivity index (χ1) is 8.30. The number of nitrogen functional groups attached to an aromatic ring is 1. The maximum Gasteiger partial charge on any atom is 0.243 e. The summed E-state index contributed by atoms with van der Waals surface area (Å²) < 4.78 is 38.3. The van der Waals surface area contributed by atoms with Gasteiger partial charge in [-0.1, -0.05) is 0 Å². The Balaban J connectivity index is 2.37. The maximum atomic E-state index is 13.1. The van der Waals surface area contributed by atoms with E-state index in [4.69, 9.17) is 5.73 Å². The summed E-state index contributed by atoms with van der Waals surface area (Å²) in [6.07, 6.45) is -2.27. The molecule has 6 nitrogen and oxygen atoms in total. The maximum absolute atomic E-state index is 13.1. The van der Waals surface area contributed by atoms with Gasteiger partial charge in [-0.05, 0) is 18.2 Å². The number of anilines is 1. The Hall–Kier alpha value is -1.22. The van der Waals surface area contributed by atoms with Crippen LogP contribution in [-0.4, -0.2) is 48.2 Å². The topological polar surface area (TPSA) is 104 Å². The Morgan fingerprint density at radius 3 is 2.28 bits per heavy atom. The molecule has 8 heteroatoms. The van der Waals surface area contributed by atoms with Gasteiger partial charge < -0.3 is 15.9 Å². The molecular weight excluding hydrogens is 263 g/mol. The minimum absolute atomic E-state index is 0.00568. The lowest BCUT2D eigenvalue weighted by Gasteiger charge is -2.15. The van der Waals surface area contributed by atoms with Gasteiger partial charge in [0.1, 0.15) is 5.82 Å². The van der Waals surface area contributed by atoms with Crippen LogP contribution in [0.1, 0.15) is 0 Å². The van der Waals surface area contributed by atoms with E-state index in [1.54, 1.807) is 0 Å². The van der Waals surface area contributed by atoms with Crippen molar-refractivity contribution >= 4 is 15.7 Å². The number of aliphatic hydroxyl groups is 2. The van der Waals surface area contributed by atoms with E-state index in [-0.39, 0.29) is 23.7 Å². The molecule has 0 aromatic heterocycles. The van der Waals surface area contributed by atoms with E-state index in [2.05, 4.69) is 0 Å². The monoisotopic (exact) mass is 276 g/mol. The van der Waals surface area contributed by atoms with Crippen molar-refractivity contribution in [2.75, 3.05) is 18.8 Å². The molecule has 4 N–H and O–H groups in total. The van der Waals surface area contributed by atoms with Crippen molar-refractivity contribution in [3.8, 4) is 0 Å². The Labute approximate surface area is 103 Å². The average Bonchev–Trinajstić information content (AvgIpc) is 2.58. The molecule has 1 aromatic carbocycles. The predicted molar refractivity (Wildman–Crippen MR) is 61.6 cm³/mol. The zero-order valence-corrected chi connectivity index (χ0v) is 10.1. The molecule has 2 rings (SSSR count). The molecule has 0 spiro atoms. The van der Waals surface area contributed by atoms with Gasteiger partial charge in [-0.15, -0.1) is 0 Å². The molecule has 0 amide bonds. The van der Waals surface area contributed by atoms with Crippen LogP contribution in [0.5, 0.6) is 0 Å². The number of β-amino-alcohol motifs (C(OH)–C–C–N with tert-alkyl or cyclic N) is 2. The van der Waals surface area contributed by atoms with E-state index < -0.39 is 28.0 Å². The Morgan fingerprint density at radius 2 is 1.78 bits per heavy atom. The third-order valence-corrected chi connectivity index (χ3v) is 4.57. The highest BCUT2D eigenvalue weighted by atomic mass is 32.2. The summed E-state index contributed by atoms with van der Waals surface area (Å²) in [6.45, 7) is -0.445. The van der Waals surface area contributed by atoms with Gasteiger partial charge in [-0.25, -0.2) is 12.8 Å². The van der Waals surface area contributed by atoms with E-state index >= 15 is 0 Å². The summed E-state index contributed by atoms with van der Waals surface area (Å²) in [5.41, 5.74) is 5.38. The SMILES string of the molecule is Nc1cc(F)cc(S(=O)(=O)N2C[C@@H](O)[C@@H](O)C2)c1. The first kappa shape index (κ1) is 13.2. The van der Waals surface area contributed by atoms with Crippen molar-refractivity contribution in [1.82, 2.24) is 4.31 Å². The molecule has 0 bridgehead atoms. The van der Waals surface area contributed by atoms with Crippen molar-refractivity contribution in [1.29, 1.82) is 0 Å². The van der Waals surface area contributed by atoms with E-state index in [9.17, 15) is 23.0 Å². The standard InChI is InChI=1S/C10H13FN2O4S/c11-6-1-7(12)3-8(2-6)18(16,17)13-4-9(14)10(15)5-13/h1-3,9-10,14-15H,4-5,12H2/t9-,10+. The van der Waals surface area contributed by atoms with Gasteiger partial charge in [0.15, 0.2) is 0 Å². The Morgan fingerprint density at radius 1 is 1.22 bits per heavy atom. The van der Waals surface area contributed by atoms with Gasteiger partial charge in [0.2, 0.25) is 10.0 Å². The summed E-state index contributed by atoms with van der Waals surface area (Å²) >= 11 is 0. The van der Waals surface area contributed by atoms with Crippen LogP contribution in [0.2, 0.25) is 0 Å². The van der Waals surface area contributed by atoms with Crippen LogP contribution in [-0.2, 0) is 10.0 Å². The number of benzene rings is 1. The lowest BCUT2D eigenvalue weighted by Crippen LogP contribution is -2.30. The van der Waals surface area contributed by atoms with Gasteiger partial charge in [-0.2, -0.15) is 4.31 Å². The quantitative estimate of drug-likeness (QED) is 0.609. The van der Waals surface area contributed by atoms with Crippen LogP contribution >= 0.6 is 0 Å². The van der Waals surface area contributed by atoms with Gasteiger partial charge in [0, 0.05) is 18.8 Å². The van der Waals surface area contributed by atoms with Gasteiger partial charge >= 0.3 is 0 Å². The first-order valence-electron chi connectivity index (χ1n) is 5.23. The third kappa shape index (κ3) is 2.32. The summed E-state index contributed by atoms with van der Waals surface area (Å²) in [4.78, 5) is -0.290. The summed E-state index contributed by atoms with van der Waals surface area (Å²) in [5.74, 6) is -0.756. The Bertz CT molecular complexity index is 533. The number of hydrogen-bond donors (Lipinski definition) is 3. The second-order valence-electron chi connectivity index (χ2n) is 4.18. The van der Waals surface area contributed by atoms with Gasteiger partial charge in [0.25, 0.3) is 0 Å². The number of halogens is 1. The lowest BCUT2D eigenvalue weighted by atomic mass is 10.3. The molecule has 1 aliphatic rings. The predicted octanol–water partition coefficient (Wildman–Crippen LogP) is -0.866. The van der Waals surface area contributed by atoms with E-state index in [1.165, 1.54) is 0 Å². The fourth-order valence-electron chi connectivity index (χ4n) is 1.81. The number of sulfonamides is 1. The zero-order chi connectivity index (χ0) is 13.5. The van der Waals surface area contributed by atoms with E-state index in [0.717, 1.165) is 22.5 Å². The largest absolute Gasteiger partial charge is 0.399 e. The number of rotatable bonds is 2. The van der Waals surface area contributed by atoms with Gasteiger partial charge in [0.05, 0.1) is 17.1 Å². The van der Waals surface area contributed by atoms with Crippen molar-refractivity contribution in [3.63, 3.8) is 0 Å². The molecule has 1 heterocycles. The summed E-state index contributed by atoms with van der Waals surface area (Å²) in [5, 5.41) is 18.7. The van der Waals surface area contributed by atoms with Crippen LogP contribution in [0, 0.1) is 5.82 Å². The van der Waals surface area contributed by atoms with Crippen LogP contribution in [0.25, 0.3) is 0 Å². The minimum atomic E-state index is -3.96. The van der Waals surface area contributed by atoms with E-state index in [1.807, 2.05) is 0 Å². The zero-order valence-electron chi connectivity index (χ0n) is 9.32. The van der Waals surface area contributed by atoms with Crippen molar-refractivity contribution in [2.24, 2.45) is 0 Å². The highest BCUT2D eigenvalue weighted by molar-refractivity contribution is 7.89. The molecule has 1 saturated heterocycles. The molecule has 18 heavy (non-hydrogen) atoms.